The number of nitrogens with zero attached hydrogens (tertiary/aromatic N) is 3. The molecule has 0 aliphatic carbocycles. The molecule has 0 fully saturated rings. The SMILES string of the molecule is C=C(C)/C(C)=C/C(CC)n1ccc2c(Cl)ncnc21. The summed E-state index contributed by atoms with van der Waals surface area (Å²) in [6.07, 6.45) is 6.72. The highest BCUT2D eigenvalue weighted by Crippen LogP contribution is 2.26. The molecule has 2 heterocycles. The number of allylic oxidation sites excluding steroid dienone is 3. The first kappa shape index (κ1) is 13.8. The normalized spacial score (nSPS) is 13.8. The number of rotatable bonds is 4. The predicted octanol–water partition coefficient (Wildman–Crippen LogP) is 4.56. The maximum atomic E-state index is 6.08. The first-order valence-electron chi connectivity index (χ1n) is 6.36. The van der Waals surface area contributed by atoms with Crippen LogP contribution in [0.25, 0.3) is 11.0 Å². The van der Waals surface area contributed by atoms with Crippen LogP contribution in [-0.2, 0) is 0 Å². The smallest absolute Gasteiger partial charge is 0.145 e. The molecule has 0 aromatic carbocycles. The molecule has 2 rings (SSSR count). The number of hydrogen-bond acceptors (Lipinski definition) is 2. The van der Waals surface area contributed by atoms with E-state index in [4.69, 9.17) is 11.6 Å². The topological polar surface area (TPSA) is 30.7 Å². The Kier molecular flexibility index (Phi) is 4.05. The van der Waals surface area contributed by atoms with Gasteiger partial charge in [0, 0.05) is 6.20 Å². The van der Waals surface area contributed by atoms with Crippen LogP contribution in [0.15, 0.2) is 42.4 Å². The van der Waals surface area contributed by atoms with E-state index in [1.54, 1.807) is 0 Å². The molecule has 0 spiro atoms. The van der Waals surface area contributed by atoms with E-state index in [-0.39, 0.29) is 6.04 Å². The quantitative estimate of drug-likeness (QED) is 0.605. The second kappa shape index (κ2) is 5.57. The van der Waals surface area contributed by atoms with Gasteiger partial charge in [-0.2, -0.15) is 0 Å². The molecule has 0 amide bonds. The third-order valence-electron chi connectivity index (χ3n) is 3.35. The lowest BCUT2D eigenvalue weighted by Crippen LogP contribution is -2.05. The zero-order valence-electron chi connectivity index (χ0n) is 11.5. The van der Waals surface area contributed by atoms with Crippen molar-refractivity contribution >= 4 is 22.6 Å². The fraction of sp³-hybridized carbons (Fsp3) is 0.333. The molecular formula is C15H18ClN3. The minimum absolute atomic E-state index is 0.250. The molecular weight excluding hydrogens is 258 g/mol. The monoisotopic (exact) mass is 275 g/mol. The molecule has 0 saturated heterocycles. The molecule has 4 heteroatoms. The Morgan fingerprint density at radius 2 is 2.21 bits per heavy atom. The van der Waals surface area contributed by atoms with E-state index in [0.29, 0.717) is 5.15 Å². The van der Waals surface area contributed by atoms with Gasteiger partial charge < -0.3 is 4.57 Å². The lowest BCUT2D eigenvalue weighted by molar-refractivity contribution is 0.597. The summed E-state index contributed by atoms with van der Waals surface area (Å²) in [4.78, 5) is 8.35. The molecule has 2 aromatic rings. The second-order valence-corrected chi connectivity index (χ2v) is 5.09. The van der Waals surface area contributed by atoms with E-state index in [1.807, 2.05) is 19.2 Å². The van der Waals surface area contributed by atoms with Crippen molar-refractivity contribution in [1.29, 1.82) is 0 Å². The summed E-state index contributed by atoms with van der Waals surface area (Å²) in [7, 11) is 0. The first-order chi connectivity index (χ1) is 9.04. The fourth-order valence-electron chi connectivity index (χ4n) is 2.03. The fourth-order valence-corrected chi connectivity index (χ4v) is 2.22. The van der Waals surface area contributed by atoms with Crippen LogP contribution < -0.4 is 0 Å². The Morgan fingerprint density at radius 3 is 2.84 bits per heavy atom. The van der Waals surface area contributed by atoms with Gasteiger partial charge in [0.2, 0.25) is 0 Å². The summed E-state index contributed by atoms with van der Waals surface area (Å²) in [6.45, 7) is 10.2. The summed E-state index contributed by atoms with van der Waals surface area (Å²) in [5.74, 6) is 0. The maximum Gasteiger partial charge on any atom is 0.145 e. The predicted molar refractivity (Wildman–Crippen MR) is 80.4 cm³/mol. The second-order valence-electron chi connectivity index (χ2n) is 4.73. The largest absolute Gasteiger partial charge is 0.325 e. The van der Waals surface area contributed by atoms with Crippen LogP contribution in [0.2, 0.25) is 5.15 Å². The Balaban J connectivity index is 2.50. The van der Waals surface area contributed by atoms with E-state index in [0.717, 1.165) is 23.0 Å². The zero-order valence-corrected chi connectivity index (χ0v) is 12.3. The van der Waals surface area contributed by atoms with Gasteiger partial charge in [-0.1, -0.05) is 42.3 Å². The molecule has 0 saturated carbocycles. The average Bonchev–Trinajstić information content (AvgIpc) is 2.80. The van der Waals surface area contributed by atoms with E-state index >= 15 is 0 Å². The van der Waals surface area contributed by atoms with Crippen LogP contribution in [0.4, 0.5) is 0 Å². The van der Waals surface area contributed by atoms with Crippen molar-refractivity contribution in [2.24, 2.45) is 0 Å². The molecule has 0 bridgehead atoms. The van der Waals surface area contributed by atoms with Crippen molar-refractivity contribution in [2.45, 2.75) is 33.2 Å². The Labute approximate surface area is 118 Å². The molecule has 0 aliphatic rings. The summed E-state index contributed by atoms with van der Waals surface area (Å²) in [6, 6.07) is 2.21. The Morgan fingerprint density at radius 1 is 1.47 bits per heavy atom. The highest BCUT2D eigenvalue weighted by atomic mass is 35.5. The third-order valence-corrected chi connectivity index (χ3v) is 3.65. The number of halogens is 1. The molecule has 100 valence electrons. The van der Waals surface area contributed by atoms with Gasteiger partial charge >= 0.3 is 0 Å². The standard InChI is InChI=1S/C15H18ClN3/c1-5-12(8-11(4)10(2)3)19-7-6-13-14(16)17-9-18-15(13)19/h6-9,12H,2,5H2,1,3-4H3/b11-8+. The first-order valence-corrected chi connectivity index (χ1v) is 6.73. The van der Waals surface area contributed by atoms with Crippen LogP contribution >= 0.6 is 11.6 Å². The van der Waals surface area contributed by atoms with Crippen molar-refractivity contribution in [1.82, 2.24) is 14.5 Å². The van der Waals surface area contributed by atoms with Gasteiger partial charge in [-0.15, -0.1) is 0 Å². The van der Waals surface area contributed by atoms with Crippen LogP contribution in [0.5, 0.6) is 0 Å². The summed E-state index contributed by atoms with van der Waals surface area (Å²) < 4.78 is 2.13. The van der Waals surface area contributed by atoms with Gasteiger partial charge in [-0.25, -0.2) is 9.97 Å². The van der Waals surface area contributed by atoms with Crippen molar-refractivity contribution in [3.63, 3.8) is 0 Å². The van der Waals surface area contributed by atoms with Crippen LogP contribution in [0.1, 0.15) is 33.2 Å². The van der Waals surface area contributed by atoms with E-state index in [9.17, 15) is 0 Å². The van der Waals surface area contributed by atoms with E-state index in [1.165, 1.54) is 11.9 Å². The van der Waals surface area contributed by atoms with Gasteiger partial charge in [0.15, 0.2) is 0 Å². The summed E-state index contributed by atoms with van der Waals surface area (Å²) in [5.41, 5.74) is 3.16. The Hall–Kier alpha value is -1.61. The van der Waals surface area contributed by atoms with Gasteiger partial charge in [-0.05, 0) is 26.3 Å². The highest BCUT2D eigenvalue weighted by molar-refractivity contribution is 6.33. The van der Waals surface area contributed by atoms with Crippen LogP contribution in [0.3, 0.4) is 0 Å². The van der Waals surface area contributed by atoms with Crippen molar-refractivity contribution in [2.75, 3.05) is 0 Å². The average molecular weight is 276 g/mol. The van der Waals surface area contributed by atoms with Crippen LogP contribution in [-0.4, -0.2) is 14.5 Å². The van der Waals surface area contributed by atoms with Crippen molar-refractivity contribution < 1.29 is 0 Å². The number of fused-ring (bicyclic) bond motifs is 1. The van der Waals surface area contributed by atoms with Gasteiger partial charge in [0.1, 0.15) is 17.1 Å². The molecule has 0 aliphatic heterocycles. The molecule has 3 nitrogen and oxygen atoms in total. The Bertz CT molecular complexity index is 640. The van der Waals surface area contributed by atoms with Gasteiger partial charge in [0.05, 0.1) is 11.4 Å². The molecule has 0 radical (unpaired) electrons. The van der Waals surface area contributed by atoms with Gasteiger partial charge in [0.25, 0.3) is 0 Å². The molecule has 1 unspecified atom stereocenters. The van der Waals surface area contributed by atoms with Crippen molar-refractivity contribution in [3.8, 4) is 0 Å². The van der Waals surface area contributed by atoms with Crippen molar-refractivity contribution in [3.05, 3.63) is 47.5 Å². The zero-order chi connectivity index (χ0) is 14.0. The molecule has 2 aromatic heterocycles. The summed E-state index contributed by atoms with van der Waals surface area (Å²) in [5, 5.41) is 1.39. The highest BCUT2D eigenvalue weighted by Gasteiger charge is 2.12. The van der Waals surface area contributed by atoms with E-state index in [2.05, 4.69) is 41.0 Å². The number of hydrogen-bond donors (Lipinski definition) is 0. The molecule has 19 heavy (non-hydrogen) atoms. The van der Waals surface area contributed by atoms with Gasteiger partial charge in [-0.3, -0.25) is 0 Å². The summed E-state index contributed by atoms with van der Waals surface area (Å²) >= 11 is 6.08. The molecule has 0 N–H and O–H groups in total. The van der Waals surface area contributed by atoms with Crippen LogP contribution in [0, 0.1) is 0 Å². The maximum absolute atomic E-state index is 6.08. The molecule has 1 atom stereocenters. The number of aromatic nitrogens is 3. The lowest BCUT2D eigenvalue weighted by Gasteiger charge is -2.15. The third kappa shape index (κ3) is 2.71. The minimum atomic E-state index is 0.250. The van der Waals surface area contributed by atoms with E-state index < -0.39 is 0 Å². The lowest BCUT2D eigenvalue weighted by atomic mass is 10.1. The minimum Gasteiger partial charge on any atom is -0.325 e.